The summed E-state index contributed by atoms with van der Waals surface area (Å²) in [5.41, 5.74) is 1.14. The summed E-state index contributed by atoms with van der Waals surface area (Å²) in [5.74, 6) is 1.41. The van der Waals surface area contributed by atoms with Crippen LogP contribution >= 0.6 is 0 Å². The molecule has 2 heterocycles. The highest BCUT2D eigenvalue weighted by atomic mass is 16.5. The van der Waals surface area contributed by atoms with Crippen LogP contribution in [0.15, 0.2) is 29.0 Å². The smallest absolute Gasteiger partial charge is 0.227 e. The Morgan fingerprint density at radius 2 is 2.12 bits per heavy atom. The van der Waals surface area contributed by atoms with Crippen LogP contribution in [0.4, 0.5) is 0 Å². The molecule has 0 aliphatic heterocycles. The fraction of sp³-hybridized carbons (Fsp3) is 0.417. The molecule has 5 nitrogen and oxygen atoms in total. The third-order valence-electron chi connectivity index (χ3n) is 2.39. The van der Waals surface area contributed by atoms with Crippen molar-refractivity contribution in [3.05, 3.63) is 41.8 Å². The fourth-order valence-corrected chi connectivity index (χ4v) is 1.52. The van der Waals surface area contributed by atoms with Crippen LogP contribution in [-0.2, 0) is 12.8 Å². The van der Waals surface area contributed by atoms with E-state index in [0.29, 0.717) is 12.3 Å². The van der Waals surface area contributed by atoms with Gasteiger partial charge in [0.2, 0.25) is 5.89 Å². The molecule has 5 heteroatoms. The minimum Gasteiger partial charge on any atom is -0.339 e. The zero-order valence-corrected chi connectivity index (χ0v) is 9.89. The molecule has 1 N–H and O–H groups in total. The van der Waals surface area contributed by atoms with E-state index >= 15 is 0 Å². The molecular formula is C12H16N4O. The van der Waals surface area contributed by atoms with Crippen molar-refractivity contribution in [2.45, 2.75) is 19.8 Å². The van der Waals surface area contributed by atoms with Gasteiger partial charge in [0.05, 0.1) is 0 Å². The van der Waals surface area contributed by atoms with Crippen molar-refractivity contribution in [1.82, 2.24) is 20.4 Å². The van der Waals surface area contributed by atoms with Crippen LogP contribution in [0.2, 0.25) is 0 Å². The predicted octanol–water partition coefficient (Wildman–Crippen LogP) is 1.21. The van der Waals surface area contributed by atoms with E-state index in [9.17, 15) is 0 Å². The lowest BCUT2D eigenvalue weighted by Gasteiger charge is -1.95. The Bertz CT molecular complexity index is 441. The summed E-state index contributed by atoms with van der Waals surface area (Å²) < 4.78 is 5.17. The zero-order valence-electron chi connectivity index (χ0n) is 9.89. The minimum atomic E-state index is 0.688. The second kappa shape index (κ2) is 6.10. The van der Waals surface area contributed by atoms with Crippen molar-refractivity contribution in [3.8, 4) is 0 Å². The van der Waals surface area contributed by atoms with Gasteiger partial charge in [-0.2, -0.15) is 4.98 Å². The van der Waals surface area contributed by atoms with Gasteiger partial charge in [0.1, 0.15) is 0 Å². The van der Waals surface area contributed by atoms with Gasteiger partial charge in [-0.25, -0.2) is 0 Å². The van der Waals surface area contributed by atoms with Gasteiger partial charge in [-0.15, -0.1) is 0 Å². The number of nitrogens with zero attached hydrogens (tertiary/aromatic N) is 3. The molecule has 0 atom stereocenters. The summed E-state index contributed by atoms with van der Waals surface area (Å²) in [7, 11) is 0. The first kappa shape index (κ1) is 11.7. The maximum Gasteiger partial charge on any atom is 0.227 e. The van der Waals surface area contributed by atoms with Gasteiger partial charge in [-0.05, 0) is 24.2 Å². The van der Waals surface area contributed by atoms with E-state index in [-0.39, 0.29) is 0 Å². The highest BCUT2D eigenvalue weighted by molar-refractivity contribution is 5.14. The van der Waals surface area contributed by atoms with Crippen molar-refractivity contribution in [3.63, 3.8) is 0 Å². The van der Waals surface area contributed by atoms with E-state index in [0.717, 1.165) is 30.9 Å². The Balaban J connectivity index is 1.90. The lowest BCUT2D eigenvalue weighted by molar-refractivity contribution is 0.372. The molecule has 0 spiro atoms. The number of pyridine rings is 1. The predicted molar refractivity (Wildman–Crippen MR) is 63.6 cm³/mol. The molecule has 0 bridgehead atoms. The molecular weight excluding hydrogens is 216 g/mol. The summed E-state index contributed by atoms with van der Waals surface area (Å²) in [5, 5.41) is 7.18. The maximum absolute atomic E-state index is 5.17. The van der Waals surface area contributed by atoms with Gasteiger partial charge in [0.25, 0.3) is 0 Å². The fourth-order valence-electron chi connectivity index (χ4n) is 1.52. The summed E-state index contributed by atoms with van der Waals surface area (Å²) in [6, 6.07) is 3.91. The first-order valence-electron chi connectivity index (χ1n) is 5.79. The number of nitrogens with one attached hydrogen (secondary N) is 1. The monoisotopic (exact) mass is 232 g/mol. The minimum absolute atomic E-state index is 0.688. The Labute approximate surface area is 100 Å². The number of aromatic nitrogens is 3. The van der Waals surface area contributed by atoms with E-state index in [1.165, 1.54) is 0 Å². The first-order valence-corrected chi connectivity index (χ1v) is 5.79. The Kier molecular flexibility index (Phi) is 4.21. The highest BCUT2D eigenvalue weighted by Crippen LogP contribution is 2.05. The summed E-state index contributed by atoms with van der Waals surface area (Å²) >= 11 is 0. The van der Waals surface area contributed by atoms with E-state index < -0.39 is 0 Å². The molecule has 2 aromatic heterocycles. The van der Waals surface area contributed by atoms with Crippen molar-refractivity contribution in [2.75, 3.05) is 13.1 Å². The number of hydrogen-bond donors (Lipinski definition) is 1. The normalized spacial score (nSPS) is 10.6. The molecule has 2 aromatic rings. The summed E-state index contributed by atoms with van der Waals surface area (Å²) in [6.07, 6.45) is 4.99. The Morgan fingerprint density at radius 1 is 1.29 bits per heavy atom. The molecule has 0 saturated carbocycles. The largest absolute Gasteiger partial charge is 0.339 e. The van der Waals surface area contributed by atoms with Crippen LogP contribution in [-0.4, -0.2) is 28.2 Å². The van der Waals surface area contributed by atoms with Crippen molar-refractivity contribution >= 4 is 0 Å². The van der Waals surface area contributed by atoms with E-state index in [1.807, 2.05) is 12.1 Å². The van der Waals surface area contributed by atoms with Gasteiger partial charge >= 0.3 is 0 Å². The molecule has 0 unspecified atom stereocenters. The molecule has 0 radical (unpaired) electrons. The van der Waals surface area contributed by atoms with Crippen LogP contribution < -0.4 is 5.32 Å². The first-order chi connectivity index (χ1) is 8.38. The number of rotatable bonds is 6. The lowest BCUT2D eigenvalue weighted by Crippen LogP contribution is -2.16. The maximum atomic E-state index is 5.17. The molecule has 2 rings (SSSR count). The van der Waals surface area contributed by atoms with E-state index in [2.05, 4.69) is 27.4 Å². The average Bonchev–Trinajstić information content (AvgIpc) is 2.79. The lowest BCUT2D eigenvalue weighted by atomic mass is 10.2. The topological polar surface area (TPSA) is 63.8 Å². The number of likely N-dealkylation sites (N-methyl/N-ethyl adjacent to an activating group) is 1. The molecule has 0 amide bonds. The van der Waals surface area contributed by atoms with Crippen LogP contribution in [0, 0.1) is 0 Å². The number of hydrogen-bond acceptors (Lipinski definition) is 5. The third-order valence-corrected chi connectivity index (χ3v) is 2.39. The standard InChI is InChI=1S/C12H16N4O/c1-2-13-8-5-12-15-11(16-17-12)9-10-3-6-14-7-4-10/h3-4,6-7,13H,2,5,8-9H2,1H3. The van der Waals surface area contributed by atoms with Crippen LogP contribution in [0.3, 0.4) is 0 Å². The zero-order chi connectivity index (χ0) is 11.9. The van der Waals surface area contributed by atoms with Crippen LogP contribution in [0.5, 0.6) is 0 Å². The quantitative estimate of drug-likeness (QED) is 0.758. The van der Waals surface area contributed by atoms with E-state index in [4.69, 9.17) is 4.52 Å². The van der Waals surface area contributed by atoms with Crippen molar-refractivity contribution in [2.24, 2.45) is 0 Å². The van der Waals surface area contributed by atoms with E-state index in [1.54, 1.807) is 12.4 Å². The summed E-state index contributed by atoms with van der Waals surface area (Å²) in [4.78, 5) is 8.31. The molecule has 0 aromatic carbocycles. The SMILES string of the molecule is CCNCCc1nc(Cc2ccncc2)no1. The van der Waals surface area contributed by atoms with Crippen molar-refractivity contribution < 1.29 is 4.52 Å². The molecule has 0 aliphatic rings. The van der Waals surface area contributed by atoms with Gasteiger partial charge in [-0.3, -0.25) is 4.98 Å². The molecule has 90 valence electrons. The van der Waals surface area contributed by atoms with Gasteiger partial charge in [0, 0.05) is 31.8 Å². The second-order valence-corrected chi connectivity index (χ2v) is 3.74. The van der Waals surface area contributed by atoms with Crippen molar-refractivity contribution in [1.29, 1.82) is 0 Å². The summed E-state index contributed by atoms with van der Waals surface area (Å²) in [6.45, 7) is 3.90. The molecule has 0 aliphatic carbocycles. The Morgan fingerprint density at radius 3 is 2.88 bits per heavy atom. The molecule has 0 fully saturated rings. The highest BCUT2D eigenvalue weighted by Gasteiger charge is 2.06. The molecule has 17 heavy (non-hydrogen) atoms. The molecule has 0 saturated heterocycles. The van der Waals surface area contributed by atoms with Gasteiger partial charge < -0.3 is 9.84 Å². The van der Waals surface area contributed by atoms with Crippen LogP contribution in [0.25, 0.3) is 0 Å². The third kappa shape index (κ3) is 3.64. The Hall–Kier alpha value is -1.75. The van der Waals surface area contributed by atoms with Gasteiger partial charge in [0.15, 0.2) is 5.82 Å². The average molecular weight is 232 g/mol. The van der Waals surface area contributed by atoms with Crippen LogP contribution in [0.1, 0.15) is 24.2 Å². The van der Waals surface area contributed by atoms with Gasteiger partial charge in [-0.1, -0.05) is 12.1 Å². The second-order valence-electron chi connectivity index (χ2n) is 3.74.